The maximum Gasteiger partial charge on any atom is 0.416 e. The van der Waals surface area contributed by atoms with Gasteiger partial charge in [0.25, 0.3) is 0 Å². The van der Waals surface area contributed by atoms with E-state index in [-0.39, 0.29) is 30.5 Å². The highest BCUT2D eigenvalue weighted by molar-refractivity contribution is 14.0. The second-order valence-electron chi connectivity index (χ2n) is 7.36. The van der Waals surface area contributed by atoms with E-state index >= 15 is 0 Å². The average Bonchev–Trinajstić information content (AvgIpc) is 2.61. The van der Waals surface area contributed by atoms with Crippen LogP contribution in [0.15, 0.2) is 29.3 Å². The number of ether oxygens (including phenoxy) is 1. The van der Waals surface area contributed by atoms with Crippen molar-refractivity contribution in [2.75, 3.05) is 39.5 Å². The lowest BCUT2D eigenvalue weighted by molar-refractivity contribution is -0.137. The third kappa shape index (κ3) is 6.71. The summed E-state index contributed by atoms with van der Waals surface area (Å²) in [5, 5.41) is 3.05. The van der Waals surface area contributed by atoms with Gasteiger partial charge in [-0.1, -0.05) is 12.1 Å². The van der Waals surface area contributed by atoms with Gasteiger partial charge in [-0.15, -0.1) is 24.0 Å². The molecule has 1 saturated heterocycles. The summed E-state index contributed by atoms with van der Waals surface area (Å²) >= 11 is 0. The molecule has 0 radical (unpaired) electrons. The molecule has 0 aliphatic carbocycles. The van der Waals surface area contributed by atoms with E-state index < -0.39 is 32.4 Å². The number of sulfone groups is 1. The zero-order valence-electron chi connectivity index (χ0n) is 16.8. The molecule has 1 aromatic rings. The van der Waals surface area contributed by atoms with Crippen LogP contribution in [0, 0.1) is 0 Å². The second kappa shape index (κ2) is 9.82. The number of nitrogens with zero attached hydrogens (tertiary/aromatic N) is 2. The number of guanidine groups is 1. The van der Waals surface area contributed by atoms with Crippen LogP contribution < -0.4 is 5.32 Å². The Hall–Kier alpha value is -1.08. The number of hydrogen-bond acceptors (Lipinski definition) is 4. The van der Waals surface area contributed by atoms with Crippen LogP contribution >= 0.6 is 24.0 Å². The fourth-order valence-electron chi connectivity index (χ4n) is 2.71. The van der Waals surface area contributed by atoms with Crippen molar-refractivity contribution in [1.82, 2.24) is 10.2 Å². The fraction of sp³-hybridized carbons (Fsp3) is 0.611. The first-order valence-corrected chi connectivity index (χ1v) is 10.7. The Balaban J connectivity index is 0.00000420. The monoisotopic (exact) mass is 549 g/mol. The Morgan fingerprint density at radius 3 is 2.55 bits per heavy atom. The van der Waals surface area contributed by atoms with E-state index in [4.69, 9.17) is 4.74 Å². The number of halogens is 4. The Bertz CT molecular complexity index is 829. The van der Waals surface area contributed by atoms with Gasteiger partial charge in [0.2, 0.25) is 0 Å². The zero-order chi connectivity index (χ0) is 21.2. The van der Waals surface area contributed by atoms with Gasteiger partial charge in [0.1, 0.15) is 6.10 Å². The lowest BCUT2D eigenvalue weighted by atomic mass is 10.0. The summed E-state index contributed by atoms with van der Waals surface area (Å²) in [6, 6.07) is 5.09. The zero-order valence-corrected chi connectivity index (χ0v) is 19.9. The normalized spacial score (nSPS) is 18.9. The first kappa shape index (κ1) is 26.0. The molecule has 0 aromatic heterocycles. The molecule has 0 amide bonds. The molecule has 1 atom stereocenters. The minimum atomic E-state index is -4.42. The van der Waals surface area contributed by atoms with Gasteiger partial charge in [-0.3, -0.25) is 4.99 Å². The van der Waals surface area contributed by atoms with Crippen LogP contribution in [0.4, 0.5) is 13.2 Å². The number of morpholine rings is 1. The first-order chi connectivity index (χ1) is 12.8. The van der Waals surface area contributed by atoms with Crippen LogP contribution in [-0.4, -0.2) is 63.6 Å². The highest BCUT2D eigenvalue weighted by Crippen LogP contribution is 2.32. The van der Waals surface area contributed by atoms with Crippen LogP contribution in [0.25, 0.3) is 0 Å². The predicted molar refractivity (Wildman–Crippen MR) is 117 cm³/mol. The molecule has 1 unspecified atom stereocenters. The molecule has 11 heteroatoms. The van der Waals surface area contributed by atoms with Crippen molar-refractivity contribution in [2.45, 2.75) is 30.9 Å². The standard InChI is InChI=1S/C18H26F3N3O3S.HI/c1-17(2,28(4,25)26)12-23-16(22-3)24-8-9-27-15(11-24)13-6-5-7-14(10-13)18(19,20)21;/h5-7,10,15H,8-9,11-12H2,1-4H3,(H,22,23);1H. The summed E-state index contributed by atoms with van der Waals surface area (Å²) in [6.07, 6.45) is -3.79. The van der Waals surface area contributed by atoms with Gasteiger partial charge in [-0.25, -0.2) is 8.42 Å². The van der Waals surface area contributed by atoms with Gasteiger partial charge >= 0.3 is 6.18 Å². The molecule has 1 N–H and O–H groups in total. The number of alkyl halides is 3. The molecule has 1 fully saturated rings. The quantitative estimate of drug-likeness (QED) is 0.355. The lowest BCUT2D eigenvalue weighted by Gasteiger charge is -2.36. The lowest BCUT2D eigenvalue weighted by Crippen LogP contribution is -2.52. The summed E-state index contributed by atoms with van der Waals surface area (Å²) in [5.74, 6) is 0.483. The summed E-state index contributed by atoms with van der Waals surface area (Å²) in [6.45, 7) is 4.51. The topological polar surface area (TPSA) is 71.0 Å². The Morgan fingerprint density at radius 2 is 2.00 bits per heavy atom. The SMILES string of the molecule is CN=C(NCC(C)(C)S(C)(=O)=O)N1CCOC(c2cccc(C(F)(F)F)c2)C1.I. The Kier molecular flexibility index (Phi) is 8.79. The van der Waals surface area contributed by atoms with E-state index in [9.17, 15) is 21.6 Å². The summed E-state index contributed by atoms with van der Waals surface area (Å²) in [7, 11) is -1.70. The molecule has 1 aliphatic rings. The second-order valence-corrected chi connectivity index (χ2v) is 10.0. The van der Waals surface area contributed by atoms with Gasteiger partial charge in [-0.05, 0) is 31.5 Å². The molecule has 29 heavy (non-hydrogen) atoms. The van der Waals surface area contributed by atoms with Gasteiger partial charge in [0, 0.05) is 26.4 Å². The van der Waals surface area contributed by atoms with Gasteiger partial charge < -0.3 is 15.0 Å². The van der Waals surface area contributed by atoms with Crippen molar-refractivity contribution in [1.29, 1.82) is 0 Å². The average molecular weight is 549 g/mol. The highest BCUT2D eigenvalue weighted by Gasteiger charge is 2.33. The van der Waals surface area contributed by atoms with E-state index in [1.807, 2.05) is 4.90 Å². The Morgan fingerprint density at radius 1 is 1.34 bits per heavy atom. The van der Waals surface area contributed by atoms with E-state index in [1.54, 1.807) is 27.0 Å². The molecule has 0 saturated carbocycles. The maximum absolute atomic E-state index is 13.0. The predicted octanol–water partition coefficient (Wildman–Crippen LogP) is 3.10. The largest absolute Gasteiger partial charge is 0.416 e. The van der Waals surface area contributed by atoms with Crippen molar-refractivity contribution in [3.8, 4) is 0 Å². The fourth-order valence-corrected chi connectivity index (χ4v) is 3.05. The smallest absolute Gasteiger partial charge is 0.370 e. The van der Waals surface area contributed by atoms with Crippen LogP contribution in [-0.2, 0) is 20.8 Å². The summed E-state index contributed by atoms with van der Waals surface area (Å²) in [5.41, 5.74) is -0.283. The molecule has 1 heterocycles. The van der Waals surface area contributed by atoms with Crippen molar-refractivity contribution >= 4 is 39.8 Å². The van der Waals surface area contributed by atoms with Crippen molar-refractivity contribution in [3.63, 3.8) is 0 Å². The van der Waals surface area contributed by atoms with Crippen molar-refractivity contribution < 1.29 is 26.3 Å². The number of hydrogen-bond donors (Lipinski definition) is 1. The first-order valence-electron chi connectivity index (χ1n) is 8.79. The van der Waals surface area contributed by atoms with E-state index in [2.05, 4.69) is 10.3 Å². The van der Waals surface area contributed by atoms with E-state index in [0.717, 1.165) is 12.1 Å². The molecular formula is C18H27F3IN3O3S. The molecule has 1 aliphatic heterocycles. The number of nitrogens with one attached hydrogen (secondary N) is 1. The number of benzene rings is 1. The number of rotatable bonds is 4. The third-order valence-corrected chi connectivity index (χ3v) is 6.99. The van der Waals surface area contributed by atoms with Crippen LogP contribution in [0.3, 0.4) is 0 Å². The maximum atomic E-state index is 13.0. The Labute approximate surface area is 186 Å². The summed E-state index contributed by atoms with van der Waals surface area (Å²) < 4.78 is 67.3. The third-order valence-electron chi connectivity index (χ3n) is 4.84. The van der Waals surface area contributed by atoms with Crippen molar-refractivity contribution in [3.05, 3.63) is 35.4 Å². The highest BCUT2D eigenvalue weighted by atomic mass is 127. The van der Waals surface area contributed by atoms with Crippen LogP contribution in [0.1, 0.15) is 31.1 Å². The number of aliphatic imine (C=N–C) groups is 1. The summed E-state index contributed by atoms with van der Waals surface area (Å²) in [4.78, 5) is 6.04. The van der Waals surface area contributed by atoms with Gasteiger partial charge in [-0.2, -0.15) is 13.2 Å². The van der Waals surface area contributed by atoms with Gasteiger partial charge in [0.05, 0.1) is 23.5 Å². The molecule has 1 aromatic carbocycles. The van der Waals surface area contributed by atoms with Gasteiger partial charge in [0.15, 0.2) is 15.8 Å². The molecule has 166 valence electrons. The molecular weight excluding hydrogens is 522 g/mol. The molecule has 6 nitrogen and oxygen atoms in total. The molecule has 2 rings (SSSR count). The van der Waals surface area contributed by atoms with Crippen LogP contribution in [0.5, 0.6) is 0 Å². The molecule has 0 spiro atoms. The minimum Gasteiger partial charge on any atom is -0.370 e. The van der Waals surface area contributed by atoms with E-state index in [1.165, 1.54) is 12.3 Å². The molecule has 0 bridgehead atoms. The van der Waals surface area contributed by atoms with Crippen LogP contribution in [0.2, 0.25) is 0 Å². The van der Waals surface area contributed by atoms with Crippen molar-refractivity contribution in [2.24, 2.45) is 4.99 Å². The van der Waals surface area contributed by atoms with E-state index in [0.29, 0.717) is 31.2 Å². The minimum absolute atomic E-state index is 0.